The molecule has 142 valence electrons. The minimum Gasteiger partial charge on any atom is -0.368 e. The van der Waals surface area contributed by atoms with E-state index in [2.05, 4.69) is 47.9 Å². The van der Waals surface area contributed by atoms with Crippen molar-refractivity contribution in [1.29, 1.82) is 0 Å². The van der Waals surface area contributed by atoms with Crippen LogP contribution in [-0.2, 0) is 11.2 Å². The average Bonchev–Trinajstić information content (AvgIpc) is 2.68. The van der Waals surface area contributed by atoms with Gasteiger partial charge in [0.25, 0.3) is 0 Å². The molecule has 1 aromatic carbocycles. The molecule has 0 radical (unpaired) electrons. The second kappa shape index (κ2) is 7.16. The maximum absolute atomic E-state index is 11.6. The molecule has 5 heteroatoms. The van der Waals surface area contributed by atoms with Crippen LogP contribution in [0, 0.1) is 5.41 Å². The van der Waals surface area contributed by atoms with E-state index in [9.17, 15) is 4.79 Å². The van der Waals surface area contributed by atoms with Crippen molar-refractivity contribution in [3.63, 3.8) is 0 Å². The summed E-state index contributed by atoms with van der Waals surface area (Å²) in [5.74, 6) is 0.767. The van der Waals surface area contributed by atoms with Crippen LogP contribution < -0.4 is 9.80 Å². The molecule has 2 heterocycles. The lowest BCUT2D eigenvalue weighted by atomic mass is 9.71. The van der Waals surface area contributed by atoms with Crippen molar-refractivity contribution in [3.05, 3.63) is 52.7 Å². The first-order valence-corrected chi connectivity index (χ1v) is 10.0. The smallest absolute Gasteiger partial charge is 0.147 e. The molecule has 0 N–H and O–H groups in total. The number of carbonyl (C=O) groups is 1. The molecule has 4 nitrogen and oxygen atoms in total. The molecular weight excluding hydrogens is 358 g/mol. The van der Waals surface area contributed by atoms with Gasteiger partial charge in [0.2, 0.25) is 0 Å². The summed E-state index contributed by atoms with van der Waals surface area (Å²) in [5.41, 5.74) is 3.40. The maximum atomic E-state index is 11.6. The summed E-state index contributed by atoms with van der Waals surface area (Å²) < 4.78 is 0. The molecule has 0 saturated carbocycles. The molecular formula is C22H26ClN3O. The van der Waals surface area contributed by atoms with Gasteiger partial charge in [-0.1, -0.05) is 43.6 Å². The third-order valence-electron chi connectivity index (χ3n) is 5.75. The van der Waals surface area contributed by atoms with E-state index >= 15 is 0 Å². The summed E-state index contributed by atoms with van der Waals surface area (Å²) >= 11 is 6.61. The minimum absolute atomic E-state index is 0.0860. The quantitative estimate of drug-likeness (QED) is 0.740. The second-order valence-corrected chi connectivity index (χ2v) is 8.83. The highest BCUT2D eigenvalue weighted by atomic mass is 35.5. The number of piperazine rings is 1. The molecule has 1 fully saturated rings. The normalized spacial score (nSPS) is 21.7. The van der Waals surface area contributed by atoms with Crippen LogP contribution in [-0.4, -0.2) is 37.4 Å². The number of pyridine rings is 1. The van der Waals surface area contributed by atoms with Crippen molar-refractivity contribution in [2.75, 3.05) is 36.0 Å². The number of benzene rings is 1. The topological polar surface area (TPSA) is 36.4 Å². The van der Waals surface area contributed by atoms with E-state index in [1.54, 1.807) is 0 Å². The lowest BCUT2D eigenvalue weighted by Gasteiger charge is -2.38. The number of fused-ring (bicyclic) bond motifs is 1. The third-order valence-corrected chi connectivity index (χ3v) is 6.03. The molecule has 1 unspecified atom stereocenters. The summed E-state index contributed by atoms with van der Waals surface area (Å²) in [6.07, 6.45) is 2.80. The van der Waals surface area contributed by atoms with Crippen molar-refractivity contribution >= 4 is 29.4 Å². The second-order valence-electron chi connectivity index (χ2n) is 8.43. The van der Waals surface area contributed by atoms with Gasteiger partial charge in [0.05, 0.1) is 5.02 Å². The molecule has 0 bridgehead atoms. The highest BCUT2D eigenvalue weighted by Crippen LogP contribution is 2.42. The van der Waals surface area contributed by atoms with E-state index in [0.29, 0.717) is 5.02 Å². The zero-order valence-corrected chi connectivity index (χ0v) is 16.7. The highest BCUT2D eigenvalue weighted by molar-refractivity contribution is 6.33. The number of aldehydes is 1. The van der Waals surface area contributed by atoms with Crippen LogP contribution >= 0.6 is 11.6 Å². The van der Waals surface area contributed by atoms with Gasteiger partial charge in [-0.3, -0.25) is 0 Å². The monoisotopic (exact) mass is 383 g/mol. The first-order chi connectivity index (χ1) is 13.0. The van der Waals surface area contributed by atoms with Crippen LogP contribution in [0.1, 0.15) is 37.4 Å². The van der Waals surface area contributed by atoms with Crippen LogP contribution in [0.4, 0.5) is 11.5 Å². The van der Waals surface area contributed by atoms with Crippen LogP contribution in [0.2, 0.25) is 5.02 Å². The fraction of sp³-hybridized carbons (Fsp3) is 0.455. The number of halogens is 1. The number of carbonyl (C=O) groups excluding carboxylic acids is 1. The van der Waals surface area contributed by atoms with Gasteiger partial charge in [0.1, 0.15) is 12.1 Å². The maximum Gasteiger partial charge on any atom is 0.147 e. The number of nitrogens with zero attached hydrogens (tertiary/aromatic N) is 3. The Morgan fingerprint density at radius 1 is 1.11 bits per heavy atom. The SMILES string of the molecule is CC1(C)Cc2nc(N3CCN(c4ccccc4)CC3)c(Cl)cc2C(C=O)C1. The van der Waals surface area contributed by atoms with Crippen LogP contribution in [0.15, 0.2) is 36.4 Å². The van der Waals surface area contributed by atoms with E-state index in [1.807, 2.05) is 12.1 Å². The summed E-state index contributed by atoms with van der Waals surface area (Å²) in [6.45, 7) is 8.09. The Hall–Kier alpha value is -2.07. The number of hydrogen-bond donors (Lipinski definition) is 0. The Morgan fingerprint density at radius 3 is 2.44 bits per heavy atom. The number of anilines is 2. The molecule has 1 aliphatic heterocycles. The van der Waals surface area contributed by atoms with Crippen molar-refractivity contribution < 1.29 is 4.79 Å². The largest absolute Gasteiger partial charge is 0.368 e. The minimum atomic E-state index is -0.0993. The third kappa shape index (κ3) is 3.68. The van der Waals surface area contributed by atoms with Gasteiger partial charge in [-0.2, -0.15) is 0 Å². The Bertz CT molecular complexity index is 829. The van der Waals surface area contributed by atoms with Crippen molar-refractivity contribution in [1.82, 2.24) is 4.98 Å². The van der Waals surface area contributed by atoms with Crippen molar-refractivity contribution in [3.8, 4) is 0 Å². The Kier molecular flexibility index (Phi) is 4.85. The van der Waals surface area contributed by atoms with Crippen molar-refractivity contribution in [2.45, 2.75) is 32.6 Å². The van der Waals surface area contributed by atoms with Gasteiger partial charge in [0.15, 0.2) is 0 Å². The summed E-state index contributed by atoms with van der Waals surface area (Å²) in [6, 6.07) is 12.5. The lowest BCUT2D eigenvalue weighted by Crippen LogP contribution is -2.47. The van der Waals surface area contributed by atoms with E-state index < -0.39 is 0 Å². The molecule has 1 aliphatic carbocycles. The van der Waals surface area contributed by atoms with Crippen molar-refractivity contribution in [2.24, 2.45) is 5.41 Å². The number of hydrogen-bond acceptors (Lipinski definition) is 4. The zero-order chi connectivity index (χ0) is 19.0. The Balaban J connectivity index is 1.56. The predicted octanol–water partition coefficient (Wildman–Crippen LogP) is 4.32. The zero-order valence-electron chi connectivity index (χ0n) is 16.0. The van der Waals surface area contributed by atoms with E-state index in [-0.39, 0.29) is 11.3 Å². The van der Waals surface area contributed by atoms with E-state index in [4.69, 9.17) is 16.6 Å². The Morgan fingerprint density at radius 2 is 1.78 bits per heavy atom. The number of para-hydroxylation sites is 1. The average molecular weight is 384 g/mol. The van der Waals surface area contributed by atoms with Gasteiger partial charge in [-0.25, -0.2) is 4.98 Å². The molecule has 2 aromatic rings. The molecule has 1 saturated heterocycles. The fourth-order valence-electron chi connectivity index (χ4n) is 4.38. The highest BCUT2D eigenvalue weighted by Gasteiger charge is 2.34. The standard InChI is InChI=1S/C22H26ClN3O/c1-22(2)13-16(15-27)18-12-19(23)21(24-20(18)14-22)26-10-8-25(9-11-26)17-6-4-3-5-7-17/h3-7,12,15-16H,8-11,13-14H2,1-2H3. The van der Waals surface area contributed by atoms with Crippen LogP contribution in [0.3, 0.4) is 0 Å². The lowest BCUT2D eigenvalue weighted by molar-refractivity contribution is -0.109. The van der Waals surface area contributed by atoms with Crippen LogP contribution in [0.5, 0.6) is 0 Å². The molecule has 0 spiro atoms. The number of rotatable bonds is 3. The van der Waals surface area contributed by atoms with Gasteiger partial charge in [0, 0.05) is 43.5 Å². The fourth-order valence-corrected chi connectivity index (χ4v) is 4.66. The first kappa shape index (κ1) is 18.3. The van der Waals surface area contributed by atoms with E-state index in [0.717, 1.165) is 62.4 Å². The van der Waals surface area contributed by atoms with Crippen LogP contribution in [0.25, 0.3) is 0 Å². The molecule has 4 rings (SSSR count). The summed E-state index contributed by atoms with van der Waals surface area (Å²) in [4.78, 5) is 21.2. The molecule has 1 aromatic heterocycles. The first-order valence-electron chi connectivity index (χ1n) is 9.66. The molecule has 27 heavy (non-hydrogen) atoms. The number of aromatic nitrogens is 1. The summed E-state index contributed by atoms with van der Waals surface area (Å²) in [7, 11) is 0. The van der Waals surface area contributed by atoms with Gasteiger partial charge in [-0.15, -0.1) is 0 Å². The predicted molar refractivity (Wildman–Crippen MR) is 111 cm³/mol. The summed E-state index contributed by atoms with van der Waals surface area (Å²) in [5, 5.41) is 0.661. The Labute approximate surface area is 166 Å². The van der Waals surface area contributed by atoms with Gasteiger partial charge >= 0.3 is 0 Å². The molecule has 0 amide bonds. The van der Waals surface area contributed by atoms with Gasteiger partial charge in [-0.05, 0) is 42.0 Å². The van der Waals surface area contributed by atoms with E-state index in [1.165, 1.54) is 5.69 Å². The molecule has 1 atom stereocenters. The van der Waals surface area contributed by atoms with Gasteiger partial charge < -0.3 is 14.6 Å². The molecule has 2 aliphatic rings.